The van der Waals surface area contributed by atoms with Crippen molar-refractivity contribution in [3.8, 4) is 0 Å². The van der Waals surface area contributed by atoms with Crippen LogP contribution in [0.4, 0.5) is 10.1 Å². The molecule has 2 aromatic rings. The van der Waals surface area contributed by atoms with Crippen LogP contribution in [0.1, 0.15) is 34.5 Å². The van der Waals surface area contributed by atoms with Gasteiger partial charge in [-0.05, 0) is 61.4 Å². The summed E-state index contributed by atoms with van der Waals surface area (Å²) in [6.45, 7) is 7.02. The van der Waals surface area contributed by atoms with Gasteiger partial charge >= 0.3 is 0 Å². The fourth-order valence-electron chi connectivity index (χ4n) is 2.30. The maximum absolute atomic E-state index is 13.0. The summed E-state index contributed by atoms with van der Waals surface area (Å²) in [5, 5.41) is 5.53. The Labute approximate surface area is 140 Å². The van der Waals surface area contributed by atoms with E-state index in [1.165, 1.54) is 18.2 Å². The summed E-state index contributed by atoms with van der Waals surface area (Å²) in [7, 11) is 0. The number of carbonyl (C=O) groups is 2. The Balaban J connectivity index is 2.10. The molecule has 0 saturated heterocycles. The number of carbonyl (C=O) groups excluding carboxylic acids is 2. The Morgan fingerprint density at radius 2 is 1.83 bits per heavy atom. The molecule has 4 nitrogen and oxygen atoms in total. The fourth-order valence-corrected chi connectivity index (χ4v) is 2.30. The molecule has 0 saturated carbocycles. The Morgan fingerprint density at radius 3 is 2.42 bits per heavy atom. The summed E-state index contributed by atoms with van der Waals surface area (Å²) in [6, 6.07) is 10.8. The van der Waals surface area contributed by atoms with Crippen LogP contribution < -0.4 is 10.6 Å². The molecule has 0 spiro atoms. The molecule has 2 amide bonds. The predicted molar refractivity (Wildman–Crippen MR) is 92.3 cm³/mol. The lowest BCUT2D eigenvalue weighted by molar-refractivity contribution is -0.111. The summed E-state index contributed by atoms with van der Waals surface area (Å²) in [5.41, 5.74) is 2.67. The van der Waals surface area contributed by atoms with E-state index in [1.54, 1.807) is 37.3 Å². The third-order valence-electron chi connectivity index (χ3n) is 3.64. The molecule has 2 rings (SSSR count). The minimum Gasteiger partial charge on any atom is -0.346 e. The van der Waals surface area contributed by atoms with Crippen LogP contribution >= 0.6 is 0 Å². The van der Waals surface area contributed by atoms with Crippen molar-refractivity contribution < 1.29 is 14.0 Å². The van der Waals surface area contributed by atoms with Gasteiger partial charge in [0.25, 0.3) is 5.91 Å². The molecule has 0 heterocycles. The minimum absolute atomic E-state index is 0.231. The first-order valence-electron chi connectivity index (χ1n) is 7.51. The first-order valence-corrected chi connectivity index (χ1v) is 7.51. The molecule has 1 atom stereocenters. The van der Waals surface area contributed by atoms with Gasteiger partial charge in [0.15, 0.2) is 0 Å². The van der Waals surface area contributed by atoms with Crippen LogP contribution in [0, 0.1) is 12.7 Å². The van der Waals surface area contributed by atoms with Crippen molar-refractivity contribution in [2.24, 2.45) is 0 Å². The molecule has 0 aliphatic rings. The smallest absolute Gasteiger partial charge is 0.252 e. The van der Waals surface area contributed by atoms with E-state index < -0.39 is 0 Å². The van der Waals surface area contributed by atoms with Gasteiger partial charge in [0.05, 0.1) is 6.04 Å². The summed E-state index contributed by atoms with van der Waals surface area (Å²) >= 11 is 0. The topological polar surface area (TPSA) is 58.2 Å². The van der Waals surface area contributed by atoms with Gasteiger partial charge in [-0.25, -0.2) is 4.39 Å². The van der Waals surface area contributed by atoms with Gasteiger partial charge < -0.3 is 10.6 Å². The zero-order valence-electron chi connectivity index (χ0n) is 13.6. The van der Waals surface area contributed by atoms with Crippen molar-refractivity contribution in [2.45, 2.75) is 19.9 Å². The molecular formula is C19H19FN2O2. The molecule has 0 aromatic heterocycles. The van der Waals surface area contributed by atoms with Gasteiger partial charge in [-0.3, -0.25) is 9.59 Å². The van der Waals surface area contributed by atoms with Gasteiger partial charge in [0.1, 0.15) is 5.82 Å². The molecular weight excluding hydrogens is 307 g/mol. The van der Waals surface area contributed by atoms with E-state index in [2.05, 4.69) is 17.2 Å². The number of hydrogen-bond donors (Lipinski definition) is 2. The highest BCUT2D eigenvalue weighted by molar-refractivity contribution is 6.00. The number of amides is 2. The SMILES string of the molecule is C=CC(=O)Nc1ccc(C(=O)N[C@@H](C)c2ccc(F)cc2)c(C)c1. The third-order valence-corrected chi connectivity index (χ3v) is 3.64. The molecule has 0 aliphatic heterocycles. The predicted octanol–water partition coefficient (Wildman–Crippen LogP) is 3.75. The Bertz CT molecular complexity index is 769. The molecule has 0 fully saturated rings. The molecule has 5 heteroatoms. The average Bonchev–Trinajstić information content (AvgIpc) is 2.55. The third kappa shape index (κ3) is 4.29. The molecule has 0 radical (unpaired) electrons. The quantitative estimate of drug-likeness (QED) is 0.822. The zero-order chi connectivity index (χ0) is 17.7. The highest BCUT2D eigenvalue weighted by Crippen LogP contribution is 2.18. The van der Waals surface area contributed by atoms with E-state index in [-0.39, 0.29) is 23.7 Å². The van der Waals surface area contributed by atoms with Crippen LogP contribution in [-0.4, -0.2) is 11.8 Å². The second kappa shape index (κ2) is 7.55. The van der Waals surface area contributed by atoms with Crippen LogP contribution in [0.15, 0.2) is 55.1 Å². The van der Waals surface area contributed by atoms with Crippen LogP contribution in [0.5, 0.6) is 0 Å². The molecule has 0 aliphatic carbocycles. The Hall–Kier alpha value is -2.95. The summed E-state index contributed by atoms with van der Waals surface area (Å²) in [4.78, 5) is 23.7. The van der Waals surface area contributed by atoms with Gasteiger partial charge in [0.2, 0.25) is 5.91 Å². The molecule has 24 heavy (non-hydrogen) atoms. The number of hydrogen-bond acceptors (Lipinski definition) is 2. The second-order valence-electron chi connectivity index (χ2n) is 5.47. The lowest BCUT2D eigenvalue weighted by atomic mass is 10.0. The van der Waals surface area contributed by atoms with E-state index in [9.17, 15) is 14.0 Å². The van der Waals surface area contributed by atoms with Gasteiger partial charge in [-0.2, -0.15) is 0 Å². The van der Waals surface area contributed by atoms with E-state index in [0.29, 0.717) is 11.3 Å². The van der Waals surface area contributed by atoms with E-state index in [4.69, 9.17) is 0 Å². The molecule has 0 bridgehead atoms. The number of aryl methyl sites for hydroxylation is 1. The Kier molecular flexibility index (Phi) is 5.47. The monoisotopic (exact) mass is 326 g/mol. The number of anilines is 1. The van der Waals surface area contributed by atoms with E-state index in [0.717, 1.165) is 11.1 Å². The minimum atomic E-state index is -0.315. The number of halogens is 1. The Morgan fingerprint density at radius 1 is 1.17 bits per heavy atom. The maximum atomic E-state index is 13.0. The van der Waals surface area contributed by atoms with Crippen molar-refractivity contribution in [3.05, 3.63) is 77.6 Å². The van der Waals surface area contributed by atoms with Crippen molar-refractivity contribution in [1.29, 1.82) is 0 Å². The highest BCUT2D eigenvalue weighted by atomic mass is 19.1. The second-order valence-corrected chi connectivity index (χ2v) is 5.47. The highest BCUT2D eigenvalue weighted by Gasteiger charge is 2.14. The van der Waals surface area contributed by atoms with Crippen molar-refractivity contribution in [2.75, 3.05) is 5.32 Å². The lowest BCUT2D eigenvalue weighted by Gasteiger charge is -2.16. The molecule has 124 valence electrons. The van der Waals surface area contributed by atoms with Crippen LogP contribution in [0.25, 0.3) is 0 Å². The normalized spacial score (nSPS) is 11.5. The first-order chi connectivity index (χ1) is 11.4. The summed E-state index contributed by atoms with van der Waals surface area (Å²) < 4.78 is 13.0. The molecule has 2 aromatic carbocycles. The number of benzene rings is 2. The summed E-state index contributed by atoms with van der Waals surface area (Å²) in [6.07, 6.45) is 1.18. The first kappa shape index (κ1) is 17.4. The fraction of sp³-hybridized carbons (Fsp3) is 0.158. The van der Waals surface area contributed by atoms with Gasteiger partial charge in [-0.1, -0.05) is 18.7 Å². The molecule has 2 N–H and O–H groups in total. The van der Waals surface area contributed by atoms with Crippen molar-refractivity contribution >= 4 is 17.5 Å². The lowest BCUT2D eigenvalue weighted by Crippen LogP contribution is -2.27. The zero-order valence-corrected chi connectivity index (χ0v) is 13.6. The average molecular weight is 326 g/mol. The number of nitrogens with one attached hydrogen (secondary N) is 2. The van der Waals surface area contributed by atoms with E-state index in [1.807, 2.05) is 6.92 Å². The van der Waals surface area contributed by atoms with E-state index >= 15 is 0 Å². The largest absolute Gasteiger partial charge is 0.346 e. The number of rotatable bonds is 5. The van der Waals surface area contributed by atoms with Crippen molar-refractivity contribution in [3.63, 3.8) is 0 Å². The van der Waals surface area contributed by atoms with Gasteiger partial charge in [0, 0.05) is 11.3 Å². The van der Waals surface area contributed by atoms with Crippen LogP contribution in [0.2, 0.25) is 0 Å². The van der Waals surface area contributed by atoms with Crippen molar-refractivity contribution in [1.82, 2.24) is 5.32 Å². The van der Waals surface area contributed by atoms with Crippen LogP contribution in [-0.2, 0) is 4.79 Å². The molecule has 0 unspecified atom stereocenters. The van der Waals surface area contributed by atoms with Gasteiger partial charge in [-0.15, -0.1) is 0 Å². The maximum Gasteiger partial charge on any atom is 0.252 e. The van der Waals surface area contributed by atoms with Crippen LogP contribution in [0.3, 0.4) is 0 Å². The summed E-state index contributed by atoms with van der Waals surface area (Å²) in [5.74, 6) is -0.854. The standard InChI is InChI=1S/C19H19FN2O2/c1-4-18(23)22-16-9-10-17(12(2)11-16)19(24)21-13(3)14-5-7-15(20)8-6-14/h4-11,13H,1H2,2-3H3,(H,21,24)(H,22,23)/t13-/m0/s1.